The van der Waals surface area contributed by atoms with E-state index in [1.165, 1.54) is 37.1 Å². The fourth-order valence-corrected chi connectivity index (χ4v) is 2.60. The van der Waals surface area contributed by atoms with E-state index in [1.807, 2.05) is 18.5 Å². The summed E-state index contributed by atoms with van der Waals surface area (Å²) in [6.07, 6.45) is 8.18. The Balaban J connectivity index is 1.82. The highest BCUT2D eigenvalue weighted by Crippen LogP contribution is 2.18. The minimum absolute atomic E-state index is 0.0568. The molecule has 1 heterocycles. The van der Waals surface area contributed by atoms with Gasteiger partial charge in [0.1, 0.15) is 0 Å². The normalized spacial score (nSPS) is 15.6. The second-order valence-corrected chi connectivity index (χ2v) is 5.92. The van der Waals surface area contributed by atoms with Crippen LogP contribution in [0.1, 0.15) is 57.3 Å². The summed E-state index contributed by atoms with van der Waals surface area (Å²) >= 11 is 0. The Morgan fingerprint density at radius 3 is 2.75 bits per heavy atom. The molecule has 0 fully saturated rings. The van der Waals surface area contributed by atoms with E-state index in [0.717, 1.165) is 25.8 Å². The number of rotatable bonds is 5. The molecule has 5 heteroatoms. The first-order valence-electron chi connectivity index (χ1n) is 7.87. The summed E-state index contributed by atoms with van der Waals surface area (Å²) < 4.78 is 2.04. The molecule has 20 heavy (non-hydrogen) atoms. The van der Waals surface area contributed by atoms with Gasteiger partial charge in [0.25, 0.3) is 0 Å². The Kier molecular flexibility index (Phi) is 5.56. The molecule has 0 aromatic carbocycles. The first-order valence-corrected chi connectivity index (χ1v) is 7.87. The summed E-state index contributed by atoms with van der Waals surface area (Å²) in [4.78, 5) is 11.5. The molecule has 0 spiro atoms. The maximum Gasteiger partial charge on any atom is 0.222 e. The second kappa shape index (κ2) is 7.41. The number of fused-ring (bicyclic) bond motifs is 1. The van der Waals surface area contributed by atoms with Gasteiger partial charge in [-0.25, -0.2) is 4.68 Å². The minimum atomic E-state index is 0.0568. The van der Waals surface area contributed by atoms with Crippen LogP contribution >= 0.6 is 0 Å². The number of carbonyl (C=O) groups excluding carboxylic acids is 1. The first-order chi connectivity index (χ1) is 9.68. The average Bonchev–Trinajstić information content (AvgIpc) is 2.75. The lowest BCUT2D eigenvalue weighted by atomic mass is 10.0. The third-order valence-corrected chi connectivity index (χ3v) is 3.87. The monoisotopic (exact) mass is 278 g/mol. The van der Waals surface area contributed by atoms with E-state index in [0.29, 0.717) is 6.54 Å². The average molecular weight is 278 g/mol. The maximum atomic E-state index is 11.5. The van der Waals surface area contributed by atoms with Crippen LogP contribution in [0.2, 0.25) is 0 Å². The van der Waals surface area contributed by atoms with Crippen molar-refractivity contribution in [2.75, 3.05) is 6.54 Å². The Labute approximate surface area is 121 Å². The smallest absolute Gasteiger partial charge is 0.222 e. The zero-order valence-electron chi connectivity index (χ0n) is 12.7. The molecule has 0 saturated carbocycles. The predicted molar refractivity (Wildman–Crippen MR) is 78.4 cm³/mol. The zero-order valence-corrected chi connectivity index (χ0v) is 12.7. The van der Waals surface area contributed by atoms with Gasteiger partial charge >= 0.3 is 0 Å². The highest BCUT2D eigenvalue weighted by atomic mass is 16.1. The topological polar surface area (TPSA) is 59.8 Å². The SMILES string of the molecule is CC(C)C(=O)NCCCn1nnc2c1CCCCCC2. The van der Waals surface area contributed by atoms with E-state index < -0.39 is 0 Å². The largest absolute Gasteiger partial charge is 0.356 e. The van der Waals surface area contributed by atoms with Crippen molar-refractivity contribution in [1.29, 1.82) is 0 Å². The van der Waals surface area contributed by atoms with E-state index in [4.69, 9.17) is 0 Å². The molecular formula is C15H26N4O. The van der Waals surface area contributed by atoms with E-state index in [-0.39, 0.29) is 11.8 Å². The Hall–Kier alpha value is -1.39. The van der Waals surface area contributed by atoms with Gasteiger partial charge in [-0.15, -0.1) is 5.10 Å². The predicted octanol–water partition coefficient (Wildman–Crippen LogP) is 2.10. The van der Waals surface area contributed by atoms with Gasteiger partial charge in [0, 0.05) is 19.0 Å². The molecule has 1 N–H and O–H groups in total. The molecule has 1 aliphatic carbocycles. The maximum absolute atomic E-state index is 11.5. The van der Waals surface area contributed by atoms with Crippen LogP contribution in [0.15, 0.2) is 0 Å². The van der Waals surface area contributed by atoms with Gasteiger partial charge in [0.15, 0.2) is 0 Å². The van der Waals surface area contributed by atoms with Crippen molar-refractivity contribution in [2.45, 2.75) is 65.3 Å². The van der Waals surface area contributed by atoms with Gasteiger partial charge in [-0.2, -0.15) is 0 Å². The zero-order chi connectivity index (χ0) is 14.4. The Morgan fingerprint density at radius 1 is 1.25 bits per heavy atom. The molecule has 0 radical (unpaired) electrons. The van der Waals surface area contributed by atoms with Gasteiger partial charge < -0.3 is 5.32 Å². The summed E-state index contributed by atoms with van der Waals surface area (Å²) in [5.41, 5.74) is 2.51. The third-order valence-electron chi connectivity index (χ3n) is 3.87. The fraction of sp³-hybridized carbons (Fsp3) is 0.800. The molecule has 0 saturated heterocycles. The molecule has 1 aromatic rings. The molecule has 2 rings (SSSR count). The standard InChI is InChI=1S/C15H26N4O/c1-12(2)15(20)16-10-7-11-19-14-9-6-4-3-5-8-13(14)17-18-19/h12H,3-11H2,1-2H3,(H,16,20). The van der Waals surface area contributed by atoms with Crippen molar-refractivity contribution < 1.29 is 4.79 Å². The number of aromatic nitrogens is 3. The van der Waals surface area contributed by atoms with E-state index in [9.17, 15) is 4.79 Å². The minimum Gasteiger partial charge on any atom is -0.356 e. The molecule has 1 amide bonds. The van der Waals surface area contributed by atoms with E-state index in [1.54, 1.807) is 0 Å². The van der Waals surface area contributed by atoms with Crippen molar-refractivity contribution in [3.63, 3.8) is 0 Å². The van der Waals surface area contributed by atoms with Crippen molar-refractivity contribution in [3.8, 4) is 0 Å². The van der Waals surface area contributed by atoms with Gasteiger partial charge in [0.2, 0.25) is 5.91 Å². The van der Waals surface area contributed by atoms with Crippen molar-refractivity contribution in [3.05, 3.63) is 11.4 Å². The second-order valence-electron chi connectivity index (χ2n) is 5.92. The summed E-state index contributed by atoms with van der Waals surface area (Å²) in [5.74, 6) is 0.181. The quantitative estimate of drug-likeness (QED) is 0.839. The van der Waals surface area contributed by atoms with Crippen LogP contribution in [0.25, 0.3) is 0 Å². The third kappa shape index (κ3) is 4.05. The molecule has 1 aliphatic rings. The number of amides is 1. The summed E-state index contributed by atoms with van der Waals surface area (Å²) in [6, 6.07) is 0. The van der Waals surface area contributed by atoms with Crippen LogP contribution in [0.5, 0.6) is 0 Å². The van der Waals surface area contributed by atoms with Crippen molar-refractivity contribution in [2.24, 2.45) is 5.92 Å². The van der Waals surface area contributed by atoms with Gasteiger partial charge in [-0.3, -0.25) is 4.79 Å². The van der Waals surface area contributed by atoms with Crippen LogP contribution in [-0.2, 0) is 24.2 Å². The molecule has 0 bridgehead atoms. The molecule has 5 nitrogen and oxygen atoms in total. The Bertz CT molecular complexity index is 439. The van der Waals surface area contributed by atoms with E-state index in [2.05, 4.69) is 15.6 Å². The summed E-state index contributed by atoms with van der Waals surface area (Å²) in [5, 5.41) is 11.6. The van der Waals surface area contributed by atoms with Crippen LogP contribution in [0, 0.1) is 5.92 Å². The fourth-order valence-electron chi connectivity index (χ4n) is 2.60. The van der Waals surface area contributed by atoms with Crippen LogP contribution in [0.3, 0.4) is 0 Å². The molecule has 0 atom stereocenters. The number of hydrogen-bond donors (Lipinski definition) is 1. The molecule has 1 aromatic heterocycles. The van der Waals surface area contributed by atoms with Crippen LogP contribution in [0.4, 0.5) is 0 Å². The lowest BCUT2D eigenvalue weighted by Gasteiger charge is -2.11. The number of carbonyl (C=O) groups is 1. The van der Waals surface area contributed by atoms with E-state index >= 15 is 0 Å². The molecular weight excluding hydrogens is 252 g/mol. The number of nitrogens with zero attached hydrogens (tertiary/aromatic N) is 3. The Morgan fingerprint density at radius 2 is 2.00 bits per heavy atom. The number of nitrogens with one attached hydrogen (secondary N) is 1. The number of hydrogen-bond acceptors (Lipinski definition) is 3. The summed E-state index contributed by atoms with van der Waals surface area (Å²) in [7, 11) is 0. The van der Waals surface area contributed by atoms with Gasteiger partial charge in [0.05, 0.1) is 11.4 Å². The highest BCUT2D eigenvalue weighted by Gasteiger charge is 2.14. The van der Waals surface area contributed by atoms with Crippen LogP contribution in [-0.4, -0.2) is 27.4 Å². The van der Waals surface area contributed by atoms with Crippen LogP contribution < -0.4 is 5.32 Å². The number of aryl methyl sites for hydroxylation is 2. The lowest BCUT2D eigenvalue weighted by Crippen LogP contribution is -2.29. The lowest BCUT2D eigenvalue weighted by molar-refractivity contribution is -0.123. The van der Waals surface area contributed by atoms with Crippen molar-refractivity contribution >= 4 is 5.91 Å². The molecule has 0 aliphatic heterocycles. The first kappa shape index (κ1) is 15.0. The van der Waals surface area contributed by atoms with Gasteiger partial charge in [-0.05, 0) is 32.1 Å². The van der Waals surface area contributed by atoms with Crippen molar-refractivity contribution in [1.82, 2.24) is 20.3 Å². The highest BCUT2D eigenvalue weighted by molar-refractivity contribution is 5.77. The summed E-state index contributed by atoms with van der Waals surface area (Å²) in [6.45, 7) is 5.39. The molecule has 112 valence electrons. The van der Waals surface area contributed by atoms with Gasteiger partial charge in [-0.1, -0.05) is 31.9 Å². The molecule has 0 unspecified atom stereocenters.